The highest BCUT2D eigenvalue weighted by Crippen LogP contribution is 2.42. The highest BCUT2D eigenvalue weighted by atomic mass is 14.4. The summed E-state index contributed by atoms with van der Waals surface area (Å²) < 4.78 is 0. The van der Waals surface area contributed by atoms with Crippen LogP contribution in [0.2, 0.25) is 0 Å². The first-order chi connectivity index (χ1) is 6.29. The molecule has 0 saturated heterocycles. The van der Waals surface area contributed by atoms with Crippen LogP contribution >= 0.6 is 0 Å². The number of hydrogen-bond acceptors (Lipinski definition) is 0. The summed E-state index contributed by atoms with van der Waals surface area (Å²) in [5, 5.41) is 0. The Bertz CT molecular complexity index is 163. The zero-order valence-electron chi connectivity index (χ0n) is 10.8. The van der Waals surface area contributed by atoms with Crippen LogP contribution in [0.4, 0.5) is 0 Å². The van der Waals surface area contributed by atoms with E-state index in [1.165, 1.54) is 12.8 Å². The minimum atomic E-state index is 0.383. The molecular weight excluding hydrogens is 168 g/mol. The van der Waals surface area contributed by atoms with Gasteiger partial charge in [-0.1, -0.05) is 41.5 Å². The summed E-state index contributed by atoms with van der Waals surface area (Å²) in [5.74, 6) is 3.54. The Balaban J connectivity index is 2.58. The molecule has 83 valence electrons. The lowest BCUT2D eigenvalue weighted by atomic mass is 9.65. The molecule has 14 heavy (non-hydrogen) atoms. The maximum Gasteiger partial charge on any atom is -0.0296 e. The third kappa shape index (κ3) is 3.29. The third-order valence-corrected chi connectivity index (χ3v) is 3.55. The Morgan fingerprint density at radius 1 is 0.929 bits per heavy atom. The van der Waals surface area contributed by atoms with Gasteiger partial charge in [-0.3, -0.25) is 0 Å². The normalized spacial score (nSPS) is 39.9. The fourth-order valence-electron chi connectivity index (χ4n) is 3.15. The summed E-state index contributed by atoms with van der Waals surface area (Å²) in [5.41, 5.74) is 0.383. The highest BCUT2D eigenvalue weighted by Gasteiger charge is 2.33. The zero-order valence-corrected chi connectivity index (χ0v) is 10.8. The van der Waals surface area contributed by atoms with Crippen LogP contribution in [-0.4, -0.2) is 0 Å². The van der Waals surface area contributed by atoms with E-state index in [1.807, 2.05) is 0 Å². The molecule has 2 atom stereocenters. The largest absolute Gasteiger partial charge is 0.0625 e. The second-order valence-corrected chi connectivity index (χ2v) is 6.64. The molecule has 0 aromatic heterocycles. The quantitative estimate of drug-likeness (QED) is 0.575. The average Bonchev–Trinajstić information content (AvgIpc) is 1.95. The molecule has 0 aromatic rings. The van der Waals surface area contributed by atoms with Crippen LogP contribution in [0.1, 0.15) is 54.4 Å². The van der Waals surface area contributed by atoms with Crippen molar-refractivity contribution in [3.05, 3.63) is 6.42 Å². The summed E-state index contributed by atoms with van der Waals surface area (Å²) in [6.45, 7) is 14.2. The van der Waals surface area contributed by atoms with E-state index in [4.69, 9.17) is 0 Å². The SMILES string of the molecule is CC1CC(C)C([CH]C(C)(C)C)C(C)C1. The summed E-state index contributed by atoms with van der Waals surface area (Å²) in [6, 6.07) is 0. The van der Waals surface area contributed by atoms with Crippen LogP contribution < -0.4 is 0 Å². The second-order valence-electron chi connectivity index (χ2n) is 6.64. The molecule has 0 nitrogen and oxygen atoms in total. The average molecular weight is 195 g/mol. The Morgan fingerprint density at radius 2 is 1.36 bits per heavy atom. The van der Waals surface area contributed by atoms with Crippen molar-refractivity contribution in [1.82, 2.24) is 0 Å². The highest BCUT2D eigenvalue weighted by molar-refractivity contribution is 4.95. The van der Waals surface area contributed by atoms with Crippen molar-refractivity contribution in [2.24, 2.45) is 29.1 Å². The lowest BCUT2D eigenvalue weighted by molar-refractivity contribution is 0.141. The zero-order chi connectivity index (χ0) is 10.9. The first-order valence-electron chi connectivity index (χ1n) is 6.15. The lowest BCUT2D eigenvalue weighted by Gasteiger charge is -2.40. The number of hydrogen-bond donors (Lipinski definition) is 0. The van der Waals surface area contributed by atoms with Crippen LogP contribution in [0.3, 0.4) is 0 Å². The van der Waals surface area contributed by atoms with Crippen molar-refractivity contribution in [3.8, 4) is 0 Å². The van der Waals surface area contributed by atoms with Gasteiger partial charge in [-0.15, -0.1) is 0 Å². The van der Waals surface area contributed by atoms with Gasteiger partial charge in [0.2, 0.25) is 0 Å². The molecule has 0 heterocycles. The van der Waals surface area contributed by atoms with Gasteiger partial charge in [0.1, 0.15) is 0 Å². The smallest absolute Gasteiger partial charge is 0.0296 e. The van der Waals surface area contributed by atoms with Gasteiger partial charge in [-0.05, 0) is 48.3 Å². The van der Waals surface area contributed by atoms with Crippen molar-refractivity contribution in [1.29, 1.82) is 0 Å². The van der Waals surface area contributed by atoms with Crippen molar-refractivity contribution >= 4 is 0 Å². The summed E-state index contributed by atoms with van der Waals surface area (Å²) in [4.78, 5) is 0. The van der Waals surface area contributed by atoms with Crippen LogP contribution in [-0.2, 0) is 0 Å². The third-order valence-electron chi connectivity index (χ3n) is 3.55. The molecule has 1 rings (SSSR count). The maximum atomic E-state index is 2.59. The summed E-state index contributed by atoms with van der Waals surface area (Å²) in [6.07, 6.45) is 5.43. The predicted molar refractivity (Wildman–Crippen MR) is 64.0 cm³/mol. The molecule has 0 aliphatic heterocycles. The topological polar surface area (TPSA) is 0 Å². The van der Waals surface area contributed by atoms with E-state index < -0.39 is 0 Å². The van der Waals surface area contributed by atoms with Gasteiger partial charge in [-0.2, -0.15) is 0 Å². The number of rotatable bonds is 1. The van der Waals surface area contributed by atoms with Crippen molar-refractivity contribution < 1.29 is 0 Å². The van der Waals surface area contributed by atoms with E-state index in [-0.39, 0.29) is 0 Å². The molecular formula is C14H27. The molecule has 0 heteroatoms. The van der Waals surface area contributed by atoms with Gasteiger partial charge in [0.25, 0.3) is 0 Å². The van der Waals surface area contributed by atoms with Gasteiger partial charge >= 0.3 is 0 Å². The van der Waals surface area contributed by atoms with Crippen molar-refractivity contribution in [2.45, 2.75) is 54.4 Å². The molecule has 1 aliphatic rings. The molecule has 1 fully saturated rings. The molecule has 1 radical (unpaired) electrons. The first-order valence-corrected chi connectivity index (χ1v) is 6.15. The predicted octanol–water partition coefficient (Wildman–Crippen LogP) is 4.56. The second kappa shape index (κ2) is 4.24. The molecule has 0 bridgehead atoms. The molecule has 0 N–H and O–H groups in total. The molecule has 0 amide bonds. The molecule has 1 aliphatic carbocycles. The standard InChI is InChI=1S/C14H27/c1-10-7-11(2)13(12(3)8-10)9-14(4,5)6/h9-13H,7-8H2,1-6H3. The van der Waals surface area contributed by atoms with Crippen LogP contribution in [0.5, 0.6) is 0 Å². The molecule has 1 saturated carbocycles. The Morgan fingerprint density at radius 3 is 1.71 bits per heavy atom. The van der Waals surface area contributed by atoms with Crippen LogP contribution in [0, 0.1) is 35.5 Å². The molecule has 0 aromatic carbocycles. The van der Waals surface area contributed by atoms with Crippen molar-refractivity contribution in [2.75, 3.05) is 0 Å². The lowest BCUT2D eigenvalue weighted by Crippen LogP contribution is -2.32. The summed E-state index contributed by atoms with van der Waals surface area (Å²) >= 11 is 0. The van der Waals surface area contributed by atoms with E-state index in [0.29, 0.717) is 5.41 Å². The van der Waals surface area contributed by atoms with Crippen LogP contribution in [0.25, 0.3) is 0 Å². The van der Waals surface area contributed by atoms with E-state index >= 15 is 0 Å². The van der Waals surface area contributed by atoms with E-state index in [9.17, 15) is 0 Å². The summed E-state index contributed by atoms with van der Waals surface area (Å²) in [7, 11) is 0. The van der Waals surface area contributed by atoms with Gasteiger partial charge in [0, 0.05) is 0 Å². The van der Waals surface area contributed by atoms with Gasteiger partial charge in [0.15, 0.2) is 0 Å². The minimum Gasteiger partial charge on any atom is -0.0625 e. The fourth-order valence-corrected chi connectivity index (χ4v) is 3.15. The minimum absolute atomic E-state index is 0.383. The maximum absolute atomic E-state index is 2.59. The van der Waals surface area contributed by atoms with E-state index in [1.54, 1.807) is 0 Å². The monoisotopic (exact) mass is 195 g/mol. The van der Waals surface area contributed by atoms with Gasteiger partial charge in [0.05, 0.1) is 0 Å². The Kier molecular flexibility index (Phi) is 3.66. The van der Waals surface area contributed by atoms with E-state index in [2.05, 4.69) is 48.0 Å². The van der Waals surface area contributed by atoms with Gasteiger partial charge < -0.3 is 0 Å². The Hall–Kier alpha value is 0. The Labute approximate surface area is 90.5 Å². The van der Waals surface area contributed by atoms with Gasteiger partial charge in [-0.25, -0.2) is 0 Å². The fraction of sp³-hybridized carbons (Fsp3) is 0.929. The van der Waals surface area contributed by atoms with Crippen LogP contribution in [0.15, 0.2) is 0 Å². The van der Waals surface area contributed by atoms with Crippen molar-refractivity contribution in [3.63, 3.8) is 0 Å². The van der Waals surface area contributed by atoms with E-state index in [0.717, 1.165) is 23.7 Å². The molecule has 2 unspecified atom stereocenters. The first kappa shape index (κ1) is 12.1. The molecule has 0 spiro atoms.